The van der Waals surface area contributed by atoms with Crippen LogP contribution in [0.2, 0.25) is 0 Å². The van der Waals surface area contributed by atoms with Crippen molar-refractivity contribution in [3.05, 3.63) is 27.9 Å². The van der Waals surface area contributed by atoms with Gasteiger partial charge < -0.3 is 4.57 Å². The van der Waals surface area contributed by atoms with Gasteiger partial charge in [0.2, 0.25) is 0 Å². The molecule has 0 bridgehead atoms. The molecule has 2 aromatic heterocycles. The second kappa shape index (κ2) is 5.50. The van der Waals surface area contributed by atoms with Crippen LogP contribution in [-0.4, -0.2) is 27.7 Å². The normalized spacial score (nSPS) is 12.1. The largest absolute Gasteiger partial charge is 0.328 e. The molecule has 2 rings (SSSR count). The maximum absolute atomic E-state index is 11.3. The van der Waals surface area contributed by atoms with Crippen molar-refractivity contribution >= 4 is 35.7 Å². The van der Waals surface area contributed by atoms with E-state index in [1.54, 1.807) is 16.2 Å². The Morgan fingerprint density at radius 1 is 1.45 bits per heavy atom. The van der Waals surface area contributed by atoms with Gasteiger partial charge in [-0.25, -0.2) is 13.4 Å². The van der Waals surface area contributed by atoms with Gasteiger partial charge in [-0.3, -0.25) is 4.68 Å². The van der Waals surface area contributed by atoms with Crippen LogP contribution in [0.4, 0.5) is 0 Å². The maximum Gasteiger partial charge on any atom is 0.280 e. The van der Waals surface area contributed by atoms with Crippen molar-refractivity contribution in [1.29, 1.82) is 0 Å². The molecule has 0 unspecified atom stereocenters. The molecule has 6 nitrogen and oxygen atoms in total. The van der Waals surface area contributed by atoms with E-state index >= 15 is 0 Å². The molecule has 110 valence electrons. The predicted octanol–water partition coefficient (Wildman–Crippen LogP) is 2.23. The summed E-state index contributed by atoms with van der Waals surface area (Å²) in [6.45, 7) is 4.23. The quantitative estimate of drug-likeness (QED) is 0.762. The second-order valence-corrected chi connectivity index (χ2v) is 7.68. The summed E-state index contributed by atoms with van der Waals surface area (Å²) >= 11 is 3.53. The Kier molecular flexibility index (Phi) is 4.27. The van der Waals surface area contributed by atoms with Crippen LogP contribution in [0.5, 0.6) is 0 Å². The molecule has 9 heteroatoms. The van der Waals surface area contributed by atoms with Crippen LogP contribution in [0, 0.1) is 6.92 Å². The first-order chi connectivity index (χ1) is 9.24. The lowest BCUT2D eigenvalue weighted by Crippen LogP contribution is -2.06. The summed E-state index contributed by atoms with van der Waals surface area (Å²) in [5, 5.41) is 4.27. The van der Waals surface area contributed by atoms with Gasteiger partial charge in [0.25, 0.3) is 9.05 Å². The van der Waals surface area contributed by atoms with Crippen molar-refractivity contribution in [2.24, 2.45) is 7.05 Å². The first kappa shape index (κ1) is 15.5. The monoisotopic (exact) mass is 380 g/mol. The zero-order valence-corrected chi connectivity index (χ0v) is 14.4. The number of aryl methyl sites for hydroxylation is 3. The van der Waals surface area contributed by atoms with E-state index < -0.39 is 9.05 Å². The highest BCUT2D eigenvalue weighted by Crippen LogP contribution is 2.23. The molecule has 0 aromatic carbocycles. The number of nitrogens with zero attached hydrogens (tertiary/aromatic N) is 4. The third kappa shape index (κ3) is 2.91. The van der Waals surface area contributed by atoms with Crippen molar-refractivity contribution in [2.75, 3.05) is 0 Å². The smallest absolute Gasteiger partial charge is 0.280 e. The Hall–Kier alpha value is -0.860. The fourth-order valence-electron chi connectivity index (χ4n) is 1.91. The molecule has 20 heavy (non-hydrogen) atoms. The number of halogens is 2. The van der Waals surface area contributed by atoms with Crippen molar-refractivity contribution in [2.45, 2.75) is 31.8 Å². The number of imidazole rings is 1. The van der Waals surface area contributed by atoms with Crippen LogP contribution in [0.3, 0.4) is 0 Å². The van der Waals surface area contributed by atoms with Gasteiger partial charge in [0.1, 0.15) is 5.82 Å². The third-order valence-corrected chi connectivity index (χ3v) is 5.11. The van der Waals surface area contributed by atoms with Crippen LogP contribution in [0.1, 0.15) is 24.1 Å². The van der Waals surface area contributed by atoms with Gasteiger partial charge in [-0.05, 0) is 29.3 Å². The highest BCUT2D eigenvalue weighted by atomic mass is 79.9. The molecule has 0 radical (unpaired) electrons. The molecule has 0 saturated heterocycles. The van der Waals surface area contributed by atoms with E-state index in [9.17, 15) is 8.42 Å². The Morgan fingerprint density at radius 2 is 2.10 bits per heavy atom. The lowest BCUT2D eigenvalue weighted by molar-refractivity contribution is 0.606. The van der Waals surface area contributed by atoms with Crippen LogP contribution >= 0.6 is 26.6 Å². The van der Waals surface area contributed by atoms with Crippen molar-refractivity contribution in [3.63, 3.8) is 0 Å². The van der Waals surface area contributed by atoms with E-state index in [-0.39, 0.29) is 5.03 Å². The SMILES string of the molecule is CCc1nn(C)c(Cn2cc(S(=O)(=O)Cl)nc2C)c1Br. The Balaban J connectivity index is 2.41. The van der Waals surface area contributed by atoms with Crippen LogP contribution in [0.25, 0.3) is 0 Å². The average molecular weight is 382 g/mol. The summed E-state index contributed by atoms with van der Waals surface area (Å²) < 4.78 is 27.0. The molecule has 0 spiro atoms. The van der Waals surface area contributed by atoms with Crippen molar-refractivity contribution in [1.82, 2.24) is 19.3 Å². The number of rotatable bonds is 4. The second-order valence-electron chi connectivity index (χ2n) is 4.38. The van der Waals surface area contributed by atoms with Crippen LogP contribution < -0.4 is 0 Å². The van der Waals surface area contributed by atoms with E-state index in [1.165, 1.54) is 6.20 Å². The Morgan fingerprint density at radius 3 is 2.55 bits per heavy atom. The number of hydrogen-bond donors (Lipinski definition) is 0. The predicted molar refractivity (Wildman–Crippen MR) is 79.4 cm³/mol. The highest BCUT2D eigenvalue weighted by Gasteiger charge is 2.18. The van der Waals surface area contributed by atoms with Gasteiger partial charge in [-0.1, -0.05) is 6.92 Å². The summed E-state index contributed by atoms with van der Waals surface area (Å²) in [6, 6.07) is 0. The molecule has 0 N–H and O–H groups in total. The molecule has 0 amide bonds. The zero-order valence-electron chi connectivity index (χ0n) is 11.3. The molecule has 0 fully saturated rings. The number of hydrogen-bond acceptors (Lipinski definition) is 4. The average Bonchev–Trinajstić information content (AvgIpc) is 2.84. The summed E-state index contributed by atoms with van der Waals surface area (Å²) in [5.74, 6) is 0.579. The van der Waals surface area contributed by atoms with Gasteiger partial charge in [0.15, 0.2) is 5.03 Å². The lowest BCUT2D eigenvalue weighted by atomic mass is 10.3. The minimum atomic E-state index is -3.81. The van der Waals surface area contributed by atoms with Crippen molar-refractivity contribution in [3.8, 4) is 0 Å². The van der Waals surface area contributed by atoms with E-state index in [4.69, 9.17) is 10.7 Å². The number of aromatic nitrogens is 4. The van der Waals surface area contributed by atoms with Gasteiger partial charge in [-0.2, -0.15) is 5.10 Å². The lowest BCUT2D eigenvalue weighted by Gasteiger charge is -2.06. The summed E-state index contributed by atoms with van der Waals surface area (Å²) in [7, 11) is 3.35. The van der Waals surface area contributed by atoms with E-state index in [1.807, 2.05) is 14.0 Å². The fraction of sp³-hybridized carbons (Fsp3) is 0.455. The third-order valence-electron chi connectivity index (χ3n) is 3.03. The molecule has 2 aromatic rings. The van der Waals surface area contributed by atoms with Gasteiger partial charge in [0.05, 0.1) is 22.4 Å². The van der Waals surface area contributed by atoms with Crippen LogP contribution in [-0.2, 0) is 29.1 Å². The minimum Gasteiger partial charge on any atom is -0.328 e. The molecule has 0 aliphatic carbocycles. The molecule has 2 heterocycles. The Bertz CT molecular complexity index is 751. The molecule has 0 saturated carbocycles. The summed E-state index contributed by atoms with van der Waals surface area (Å²) in [6.07, 6.45) is 2.25. The molecule has 0 aliphatic heterocycles. The van der Waals surface area contributed by atoms with E-state index in [0.717, 1.165) is 22.3 Å². The van der Waals surface area contributed by atoms with Crippen LogP contribution in [0.15, 0.2) is 15.7 Å². The summed E-state index contributed by atoms with van der Waals surface area (Å²) in [4.78, 5) is 3.96. The molecular weight excluding hydrogens is 368 g/mol. The van der Waals surface area contributed by atoms with Gasteiger partial charge >= 0.3 is 0 Å². The van der Waals surface area contributed by atoms with E-state index in [0.29, 0.717) is 12.4 Å². The molecule has 0 aliphatic rings. The highest BCUT2D eigenvalue weighted by molar-refractivity contribution is 9.10. The van der Waals surface area contributed by atoms with Gasteiger partial charge in [0, 0.05) is 23.9 Å². The molecular formula is C11H14BrClN4O2S. The van der Waals surface area contributed by atoms with E-state index in [2.05, 4.69) is 26.0 Å². The summed E-state index contributed by atoms with van der Waals surface area (Å²) in [5.41, 5.74) is 1.91. The standard InChI is InChI=1S/C11H14BrClN4O2S/c1-4-8-11(12)9(16(3)15-8)5-17-6-10(14-7(17)2)20(13,18)19/h6H,4-5H2,1-3H3. The molecule has 0 atom stereocenters. The topological polar surface area (TPSA) is 69.8 Å². The fourth-order valence-corrected chi connectivity index (χ4v) is 3.37. The first-order valence-electron chi connectivity index (χ1n) is 5.92. The van der Waals surface area contributed by atoms with Gasteiger partial charge in [-0.15, -0.1) is 0 Å². The Labute approximate surface area is 130 Å². The minimum absolute atomic E-state index is 0.134. The maximum atomic E-state index is 11.3. The first-order valence-corrected chi connectivity index (χ1v) is 9.03. The van der Waals surface area contributed by atoms with Crippen molar-refractivity contribution < 1.29 is 8.42 Å². The zero-order chi connectivity index (χ0) is 15.1.